The molecule has 3 aromatic heterocycles. The third-order valence-electron chi connectivity index (χ3n) is 6.70. The van der Waals surface area contributed by atoms with E-state index in [1.54, 1.807) is 13.0 Å². The van der Waals surface area contributed by atoms with E-state index in [4.69, 9.17) is 18.6 Å². The van der Waals surface area contributed by atoms with Crippen molar-refractivity contribution in [3.8, 4) is 28.8 Å². The number of pyridine rings is 1. The predicted octanol–water partition coefficient (Wildman–Crippen LogP) is 6.43. The number of furan rings is 1. The van der Waals surface area contributed by atoms with Gasteiger partial charge in [0, 0.05) is 40.8 Å². The van der Waals surface area contributed by atoms with Crippen LogP contribution in [-0.4, -0.2) is 38.1 Å². The maximum atomic E-state index is 12.6. The van der Waals surface area contributed by atoms with Gasteiger partial charge in [0.2, 0.25) is 11.6 Å². The fourth-order valence-corrected chi connectivity index (χ4v) is 4.55. The summed E-state index contributed by atoms with van der Waals surface area (Å²) in [6, 6.07) is 19.7. The minimum Gasteiger partial charge on any atom is -0.490 e. The molecule has 0 aliphatic heterocycles. The van der Waals surface area contributed by atoms with Crippen LogP contribution in [0.3, 0.4) is 0 Å². The molecule has 0 spiro atoms. The number of hydrogen-bond donors (Lipinski definition) is 1. The van der Waals surface area contributed by atoms with Crippen molar-refractivity contribution < 1.29 is 33.3 Å². The number of amides is 1. The number of ether oxygens (including phenoxy) is 3. The van der Waals surface area contributed by atoms with E-state index >= 15 is 0 Å². The maximum Gasteiger partial charge on any atom is 0.316 e. The Balaban J connectivity index is 1.22. The lowest BCUT2D eigenvalue weighted by molar-refractivity contribution is -0.385. The van der Waals surface area contributed by atoms with E-state index in [0.717, 1.165) is 35.4 Å². The summed E-state index contributed by atoms with van der Waals surface area (Å²) >= 11 is 0. The lowest BCUT2D eigenvalue weighted by atomic mass is 10.2. The first kappa shape index (κ1) is 31.9. The number of aromatic nitrogens is 2. The number of nitro benzene ring substituents is 1. The van der Waals surface area contributed by atoms with Crippen LogP contribution < -0.4 is 19.6 Å². The molecule has 47 heavy (non-hydrogen) atoms. The number of hydrazone groups is 1. The van der Waals surface area contributed by atoms with E-state index in [1.807, 2.05) is 38.1 Å². The molecule has 1 amide bonds. The summed E-state index contributed by atoms with van der Waals surface area (Å²) in [7, 11) is 0. The van der Waals surface area contributed by atoms with Crippen LogP contribution in [-0.2, 0) is 6.61 Å². The Morgan fingerprint density at radius 3 is 2.36 bits per heavy atom. The van der Waals surface area contributed by atoms with E-state index < -0.39 is 21.4 Å². The molecule has 5 rings (SSSR count). The molecular formula is C32H28N6O9. The summed E-state index contributed by atoms with van der Waals surface area (Å²) in [4.78, 5) is 37.9. The number of benzene rings is 2. The van der Waals surface area contributed by atoms with Gasteiger partial charge in [-0.15, -0.1) is 0 Å². The van der Waals surface area contributed by atoms with E-state index in [9.17, 15) is 25.0 Å². The van der Waals surface area contributed by atoms with E-state index in [2.05, 4.69) is 32.2 Å². The minimum absolute atomic E-state index is 0.00473. The van der Waals surface area contributed by atoms with Crippen molar-refractivity contribution in [3.63, 3.8) is 0 Å². The highest BCUT2D eigenvalue weighted by Crippen LogP contribution is 2.40. The van der Waals surface area contributed by atoms with Gasteiger partial charge in [0.25, 0.3) is 5.69 Å². The van der Waals surface area contributed by atoms with Gasteiger partial charge in [0.05, 0.1) is 22.7 Å². The fourth-order valence-electron chi connectivity index (χ4n) is 4.55. The Kier molecular flexibility index (Phi) is 9.55. The lowest BCUT2D eigenvalue weighted by Gasteiger charge is -2.12. The first-order valence-electron chi connectivity index (χ1n) is 14.2. The molecule has 0 fully saturated rings. The number of rotatable bonds is 13. The highest BCUT2D eigenvalue weighted by molar-refractivity contribution is 5.92. The molecule has 3 heterocycles. The topological polar surface area (TPSA) is 186 Å². The van der Waals surface area contributed by atoms with Gasteiger partial charge < -0.3 is 23.2 Å². The second-order valence-electron chi connectivity index (χ2n) is 9.97. The number of nitro groups is 2. The summed E-state index contributed by atoms with van der Waals surface area (Å²) in [5.74, 6) is -0.0123. The minimum atomic E-state index is -0.690. The summed E-state index contributed by atoms with van der Waals surface area (Å²) in [6.07, 6.45) is 2.15. The molecule has 2 aromatic carbocycles. The molecule has 1 N–H and O–H groups in total. The van der Waals surface area contributed by atoms with Gasteiger partial charge in [-0.1, -0.05) is 0 Å². The largest absolute Gasteiger partial charge is 0.490 e. The van der Waals surface area contributed by atoms with Crippen LogP contribution >= 0.6 is 0 Å². The highest BCUT2D eigenvalue weighted by atomic mass is 16.6. The van der Waals surface area contributed by atoms with E-state index in [1.165, 1.54) is 24.4 Å². The standard InChI is InChI=1S/C32H28N6O9/c1-4-44-29-16-22(15-27(38(42)43)31(29)47-30-14-9-24(18-33-30)37(40)41)17-34-35-32(39)28-13-12-26(46-28)19-45-25-10-7-23(8-11-25)36-20(2)5-6-21(36)3/h5-18H,4,19H2,1-3H3,(H,35,39)/b34-17+. The van der Waals surface area contributed by atoms with E-state index in [0.29, 0.717) is 11.5 Å². The zero-order chi connectivity index (χ0) is 33.5. The van der Waals surface area contributed by atoms with Gasteiger partial charge in [-0.05, 0) is 75.4 Å². The molecule has 0 unspecified atom stereocenters. The van der Waals surface area contributed by atoms with Gasteiger partial charge >= 0.3 is 11.6 Å². The first-order valence-corrected chi connectivity index (χ1v) is 14.2. The molecule has 0 saturated heterocycles. The number of hydrogen-bond acceptors (Lipinski definition) is 11. The molecule has 0 radical (unpaired) electrons. The number of carbonyl (C=O) groups excluding carboxylic acids is 1. The Morgan fingerprint density at radius 2 is 1.72 bits per heavy atom. The predicted molar refractivity (Wildman–Crippen MR) is 169 cm³/mol. The lowest BCUT2D eigenvalue weighted by Crippen LogP contribution is -2.16. The zero-order valence-electron chi connectivity index (χ0n) is 25.4. The van der Waals surface area contributed by atoms with Crippen LogP contribution in [0.2, 0.25) is 0 Å². The molecule has 0 saturated carbocycles. The number of nitrogens with one attached hydrogen (secondary N) is 1. The average molecular weight is 641 g/mol. The molecular weight excluding hydrogens is 612 g/mol. The van der Waals surface area contributed by atoms with Gasteiger partial charge in [-0.25, -0.2) is 10.4 Å². The van der Waals surface area contributed by atoms with Crippen molar-refractivity contribution in [3.05, 3.63) is 128 Å². The van der Waals surface area contributed by atoms with Crippen molar-refractivity contribution in [2.75, 3.05) is 6.61 Å². The monoisotopic (exact) mass is 640 g/mol. The van der Waals surface area contributed by atoms with Gasteiger partial charge in [-0.2, -0.15) is 5.10 Å². The summed E-state index contributed by atoms with van der Waals surface area (Å²) in [5.41, 5.74) is 5.04. The third-order valence-corrected chi connectivity index (χ3v) is 6.70. The Labute approximate surface area is 267 Å². The molecule has 0 atom stereocenters. The molecule has 15 nitrogen and oxygen atoms in total. The molecule has 0 aliphatic carbocycles. The normalized spacial score (nSPS) is 11.0. The highest BCUT2D eigenvalue weighted by Gasteiger charge is 2.24. The van der Waals surface area contributed by atoms with E-state index in [-0.39, 0.29) is 47.6 Å². The van der Waals surface area contributed by atoms with Crippen molar-refractivity contribution in [1.29, 1.82) is 0 Å². The number of aryl methyl sites for hydroxylation is 2. The van der Waals surface area contributed by atoms with Crippen LogP contribution in [0.5, 0.6) is 23.1 Å². The molecule has 0 aliphatic rings. The Morgan fingerprint density at radius 1 is 0.979 bits per heavy atom. The van der Waals surface area contributed by atoms with Crippen LogP contribution in [0.1, 0.15) is 40.2 Å². The smallest absolute Gasteiger partial charge is 0.316 e. The van der Waals surface area contributed by atoms with Crippen LogP contribution in [0.4, 0.5) is 11.4 Å². The van der Waals surface area contributed by atoms with Crippen LogP contribution in [0.15, 0.2) is 88.5 Å². The Hall–Kier alpha value is -6.51. The van der Waals surface area contributed by atoms with Crippen LogP contribution in [0.25, 0.3) is 5.69 Å². The molecule has 15 heteroatoms. The first-order chi connectivity index (χ1) is 22.6. The van der Waals surface area contributed by atoms with Crippen molar-refractivity contribution in [2.45, 2.75) is 27.4 Å². The van der Waals surface area contributed by atoms with Gasteiger partial charge in [-0.3, -0.25) is 25.0 Å². The zero-order valence-corrected chi connectivity index (χ0v) is 25.4. The van der Waals surface area contributed by atoms with Crippen molar-refractivity contribution in [2.24, 2.45) is 5.10 Å². The fraction of sp³-hybridized carbons (Fsp3) is 0.156. The molecule has 240 valence electrons. The maximum absolute atomic E-state index is 12.6. The van der Waals surface area contributed by atoms with Gasteiger partial charge in [0.1, 0.15) is 24.3 Å². The molecule has 5 aromatic rings. The second-order valence-corrected chi connectivity index (χ2v) is 9.97. The quantitative estimate of drug-likeness (QED) is 0.0853. The molecule has 0 bridgehead atoms. The second kappa shape index (κ2) is 14.1. The SMILES string of the molecule is CCOc1cc(/C=N/NC(=O)c2ccc(COc3ccc(-n4c(C)ccc4C)cc3)o2)cc([N+](=O)[O-])c1Oc1ccc([N+](=O)[O-])cn1. The van der Waals surface area contributed by atoms with Crippen molar-refractivity contribution in [1.82, 2.24) is 15.0 Å². The van der Waals surface area contributed by atoms with Crippen LogP contribution in [0, 0.1) is 34.1 Å². The average Bonchev–Trinajstić information content (AvgIpc) is 3.67. The summed E-state index contributed by atoms with van der Waals surface area (Å²) in [5, 5.41) is 26.7. The summed E-state index contributed by atoms with van der Waals surface area (Å²) < 4.78 is 24.7. The third kappa shape index (κ3) is 7.59. The number of nitrogens with zero attached hydrogens (tertiary/aromatic N) is 5. The summed E-state index contributed by atoms with van der Waals surface area (Å²) in [6.45, 7) is 5.98. The number of carbonyl (C=O) groups is 1. The van der Waals surface area contributed by atoms with Crippen molar-refractivity contribution >= 4 is 23.5 Å². The van der Waals surface area contributed by atoms with Gasteiger partial charge in [0.15, 0.2) is 11.5 Å². The Bertz CT molecular complexity index is 1930.